The third kappa shape index (κ3) is 2.69. The van der Waals surface area contributed by atoms with Gasteiger partial charge in [0.1, 0.15) is 12.3 Å². The van der Waals surface area contributed by atoms with E-state index in [-0.39, 0.29) is 11.9 Å². The van der Waals surface area contributed by atoms with E-state index in [1.165, 1.54) is 0 Å². The van der Waals surface area contributed by atoms with Crippen LogP contribution in [0.2, 0.25) is 0 Å². The third-order valence-corrected chi connectivity index (χ3v) is 4.88. The molecule has 2 aliphatic rings. The molecule has 1 saturated heterocycles. The number of fused-ring (bicyclic) bond motifs is 2. The fourth-order valence-corrected chi connectivity index (χ4v) is 3.57. The number of amides is 1. The topological polar surface area (TPSA) is 83.2 Å². The average molecular weight is 375 g/mol. The molecule has 0 atom stereocenters. The van der Waals surface area contributed by atoms with Crippen LogP contribution in [0.4, 0.5) is 0 Å². The highest BCUT2D eigenvalue weighted by molar-refractivity contribution is 7.80. The molecule has 0 aliphatic carbocycles. The summed E-state index contributed by atoms with van der Waals surface area (Å²) in [5.41, 5.74) is 5.79. The minimum Gasteiger partial charge on any atom is -0.457 e. The first kappa shape index (κ1) is 15.8. The maximum Gasteiger partial charge on any atom is 0.338 e. The van der Waals surface area contributed by atoms with Crippen molar-refractivity contribution in [3.05, 3.63) is 65.0 Å². The van der Waals surface area contributed by atoms with Crippen molar-refractivity contribution in [2.45, 2.75) is 6.61 Å². The minimum absolute atomic E-state index is 0.241. The molecule has 1 amide bonds. The predicted octanol–water partition coefficient (Wildman–Crippen LogP) is 2.85. The van der Waals surface area contributed by atoms with Crippen molar-refractivity contribution in [1.29, 1.82) is 0 Å². The number of cyclic esters (lactones) is 1. The van der Waals surface area contributed by atoms with Gasteiger partial charge in [-0.2, -0.15) is 0 Å². The highest BCUT2D eigenvalue weighted by Gasteiger charge is 2.22. The van der Waals surface area contributed by atoms with Gasteiger partial charge in [0, 0.05) is 22.2 Å². The van der Waals surface area contributed by atoms with E-state index in [1.54, 1.807) is 6.08 Å². The van der Waals surface area contributed by atoms with E-state index in [0.717, 1.165) is 33.3 Å². The molecule has 5 rings (SSSR count). The maximum absolute atomic E-state index is 11.8. The highest BCUT2D eigenvalue weighted by atomic mass is 32.1. The molecule has 27 heavy (non-hydrogen) atoms. The van der Waals surface area contributed by atoms with E-state index in [4.69, 9.17) is 17.0 Å². The average Bonchev–Trinajstić information content (AvgIpc) is 3.31. The number of hydrogen-bond donors (Lipinski definition) is 3. The number of carbonyl (C=O) groups is 2. The zero-order valence-corrected chi connectivity index (χ0v) is 14.8. The largest absolute Gasteiger partial charge is 0.457 e. The second-order valence-electron chi connectivity index (χ2n) is 6.44. The Hall–Kier alpha value is -3.45. The van der Waals surface area contributed by atoms with Crippen LogP contribution in [-0.2, 0) is 16.1 Å². The van der Waals surface area contributed by atoms with Crippen molar-refractivity contribution in [3.8, 4) is 11.1 Å². The lowest BCUT2D eigenvalue weighted by atomic mass is 9.99. The molecule has 132 valence electrons. The molecular weight excluding hydrogens is 362 g/mol. The Balaban J connectivity index is 1.51. The van der Waals surface area contributed by atoms with Gasteiger partial charge >= 0.3 is 5.97 Å². The Morgan fingerprint density at radius 1 is 1.00 bits per heavy atom. The molecule has 6 nitrogen and oxygen atoms in total. The van der Waals surface area contributed by atoms with Gasteiger partial charge < -0.3 is 15.0 Å². The van der Waals surface area contributed by atoms with Gasteiger partial charge in [-0.25, -0.2) is 4.79 Å². The van der Waals surface area contributed by atoms with Crippen LogP contribution >= 0.6 is 12.2 Å². The molecule has 3 N–H and O–H groups in total. The van der Waals surface area contributed by atoms with Gasteiger partial charge in [-0.3, -0.25) is 10.1 Å². The van der Waals surface area contributed by atoms with Crippen LogP contribution in [0.5, 0.6) is 0 Å². The third-order valence-electron chi connectivity index (χ3n) is 4.68. The second kappa shape index (κ2) is 5.78. The Kier molecular flexibility index (Phi) is 3.38. The van der Waals surface area contributed by atoms with Crippen LogP contribution in [0.3, 0.4) is 0 Å². The van der Waals surface area contributed by atoms with Gasteiger partial charge in [0.25, 0.3) is 5.91 Å². The summed E-state index contributed by atoms with van der Waals surface area (Å²) in [6.07, 6.45) is 1.73. The number of nitrogens with one attached hydrogen (secondary N) is 3. The van der Waals surface area contributed by atoms with Crippen molar-refractivity contribution in [2.75, 3.05) is 0 Å². The van der Waals surface area contributed by atoms with Crippen LogP contribution in [0, 0.1) is 0 Å². The summed E-state index contributed by atoms with van der Waals surface area (Å²) in [7, 11) is 0. The molecule has 7 heteroatoms. The number of benzene rings is 2. The fourth-order valence-electron chi connectivity index (χ4n) is 3.36. The van der Waals surface area contributed by atoms with Crippen LogP contribution in [-0.4, -0.2) is 22.0 Å². The molecular formula is C20H13N3O3S. The molecule has 3 heterocycles. The molecule has 1 fully saturated rings. The molecule has 0 bridgehead atoms. The number of ether oxygens (including phenoxy) is 1. The summed E-state index contributed by atoms with van der Waals surface area (Å²) in [5.74, 6) is -0.506. The van der Waals surface area contributed by atoms with Crippen molar-refractivity contribution < 1.29 is 14.3 Å². The van der Waals surface area contributed by atoms with Gasteiger partial charge in [-0.15, -0.1) is 0 Å². The van der Waals surface area contributed by atoms with Crippen molar-refractivity contribution >= 4 is 46.2 Å². The number of carbonyl (C=O) groups excluding carboxylic acids is 2. The Bertz CT molecular complexity index is 1190. The summed E-state index contributed by atoms with van der Waals surface area (Å²) >= 11 is 4.94. The normalized spacial score (nSPS) is 17.2. The molecule has 2 aromatic carbocycles. The smallest absolute Gasteiger partial charge is 0.338 e. The van der Waals surface area contributed by atoms with Gasteiger partial charge in [0.2, 0.25) is 0 Å². The van der Waals surface area contributed by atoms with Gasteiger partial charge in [-0.1, -0.05) is 12.1 Å². The van der Waals surface area contributed by atoms with Crippen LogP contribution in [0.1, 0.15) is 21.6 Å². The maximum atomic E-state index is 11.8. The SMILES string of the molecule is O=C1NC(=S)N/C1=C/c1cc2cc(-c3ccc4c(c3)COC4=O)ccc2[nH]1. The monoisotopic (exact) mass is 375 g/mol. The van der Waals surface area contributed by atoms with Crippen molar-refractivity contribution in [1.82, 2.24) is 15.6 Å². The van der Waals surface area contributed by atoms with Crippen molar-refractivity contribution in [3.63, 3.8) is 0 Å². The molecule has 0 unspecified atom stereocenters. The lowest BCUT2D eigenvalue weighted by molar-refractivity contribution is -0.115. The van der Waals surface area contributed by atoms with Gasteiger partial charge in [-0.05, 0) is 59.8 Å². The van der Waals surface area contributed by atoms with E-state index in [1.807, 2.05) is 36.4 Å². The molecule has 3 aromatic rings. The zero-order chi connectivity index (χ0) is 18.5. The number of H-pyrrole nitrogens is 1. The number of aromatic amines is 1. The lowest BCUT2D eigenvalue weighted by Gasteiger charge is -2.04. The van der Waals surface area contributed by atoms with Crippen LogP contribution in [0.25, 0.3) is 28.1 Å². The second-order valence-corrected chi connectivity index (χ2v) is 6.85. The van der Waals surface area contributed by atoms with E-state index >= 15 is 0 Å². The van der Waals surface area contributed by atoms with Crippen molar-refractivity contribution in [2.24, 2.45) is 0 Å². The highest BCUT2D eigenvalue weighted by Crippen LogP contribution is 2.29. The van der Waals surface area contributed by atoms with Gasteiger partial charge in [0.05, 0.1) is 5.56 Å². The molecule has 2 aliphatic heterocycles. The van der Waals surface area contributed by atoms with E-state index in [2.05, 4.69) is 21.7 Å². The summed E-state index contributed by atoms with van der Waals surface area (Å²) in [6, 6.07) is 13.8. The van der Waals surface area contributed by atoms with E-state index < -0.39 is 0 Å². The summed E-state index contributed by atoms with van der Waals surface area (Å²) in [5, 5.41) is 6.70. The zero-order valence-electron chi connectivity index (χ0n) is 14.0. The van der Waals surface area contributed by atoms with E-state index in [9.17, 15) is 9.59 Å². The predicted molar refractivity (Wildman–Crippen MR) is 105 cm³/mol. The van der Waals surface area contributed by atoms with Crippen LogP contribution < -0.4 is 10.6 Å². The Labute approximate surface area is 159 Å². The number of thiocarbonyl (C=S) groups is 1. The molecule has 1 aromatic heterocycles. The number of esters is 1. The Morgan fingerprint density at radius 3 is 2.63 bits per heavy atom. The number of aromatic nitrogens is 1. The first-order chi connectivity index (χ1) is 13.1. The lowest BCUT2D eigenvalue weighted by Crippen LogP contribution is -2.21. The van der Waals surface area contributed by atoms with Crippen LogP contribution in [0.15, 0.2) is 48.2 Å². The first-order valence-corrected chi connectivity index (χ1v) is 8.75. The fraction of sp³-hybridized carbons (Fsp3) is 0.0500. The van der Waals surface area contributed by atoms with Gasteiger partial charge in [0.15, 0.2) is 5.11 Å². The number of hydrogen-bond acceptors (Lipinski definition) is 4. The minimum atomic E-state index is -0.264. The summed E-state index contributed by atoms with van der Waals surface area (Å²) < 4.78 is 5.07. The molecule has 0 spiro atoms. The first-order valence-electron chi connectivity index (χ1n) is 8.34. The van der Waals surface area contributed by atoms with E-state index in [0.29, 0.717) is 23.0 Å². The number of rotatable bonds is 2. The molecule has 0 saturated carbocycles. The summed E-state index contributed by atoms with van der Waals surface area (Å²) in [4.78, 5) is 26.7. The molecule has 0 radical (unpaired) electrons. The quantitative estimate of drug-likeness (QED) is 0.364. The summed E-state index contributed by atoms with van der Waals surface area (Å²) in [6.45, 7) is 0.322. The Morgan fingerprint density at radius 2 is 1.81 bits per heavy atom. The standard InChI is InChI=1S/C20H13N3O3S/c24-18-17(22-20(27)23-18)8-14-7-12-5-11(2-4-16(12)21-14)10-1-3-15-13(6-10)9-26-19(15)25/h1-8,21H,9H2,(H2,22,23,24,27)/b17-8+.